The van der Waals surface area contributed by atoms with E-state index >= 15 is 0 Å². The van der Waals surface area contributed by atoms with Crippen molar-refractivity contribution in [2.24, 2.45) is 7.05 Å². The molecule has 0 bridgehead atoms. The van der Waals surface area contributed by atoms with Crippen molar-refractivity contribution in [3.63, 3.8) is 0 Å². The van der Waals surface area contributed by atoms with Gasteiger partial charge in [0.05, 0.1) is 11.4 Å². The molecule has 0 atom stereocenters. The highest BCUT2D eigenvalue weighted by molar-refractivity contribution is 5.64. The Balaban J connectivity index is 2.76. The third-order valence-corrected chi connectivity index (χ3v) is 2.54. The zero-order chi connectivity index (χ0) is 11.9. The van der Waals surface area contributed by atoms with Crippen LogP contribution in [0.5, 0.6) is 0 Å². The molecule has 0 spiro atoms. The van der Waals surface area contributed by atoms with Crippen molar-refractivity contribution in [1.82, 2.24) is 19.7 Å². The van der Waals surface area contributed by atoms with Gasteiger partial charge in [-0.25, -0.2) is 4.79 Å². The number of nitrogens with one attached hydrogen (secondary N) is 2. The minimum Gasteiger partial charge on any atom is -0.307 e. The van der Waals surface area contributed by atoms with Crippen LogP contribution in [-0.2, 0) is 7.05 Å². The van der Waals surface area contributed by atoms with Crippen LogP contribution in [0.2, 0.25) is 0 Å². The second kappa shape index (κ2) is 3.48. The van der Waals surface area contributed by atoms with Gasteiger partial charge in [-0.1, -0.05) is 0 Å². The minimum atomic E-state index is -0.509. The summed E-state index contributed by atoms with van der Waals surface area (Å²) in [5, 5.41) is 4.23. The van der Waals surface area contributed by atoms with Crippen molar-refractivity contribution in [2.75, 3.05) is 0 Å². The Bertz CT molecular complexity index is 619. The maximum atomic E-state index is 11.2. The van der Waals surface area contributed by atoms with Gasteiger partial charge in [-0.2, -0.15) is 5.10 Å². The molecule has 0 amide bonds. The summed E-state index contributed by atoms with van der Waals surface area (Å²) in [4.78, 5) is 27.1. The van der Waals surface area contributed by atoms with Gasteiger partial charge in [-0.3, -0.25) is 14.5 Å². The van der Waals surface area contributed by atoms with Crippen molar-refractivity contribution in [2.45, 2.75) is 13.8 Å². The first kappa shape index (κ1) is 10.4. The monoisotopic (exact) mass is 220 g/mol. The summed E-state index contributed by atoms with van der Waals surface area (Å²) in [7, 11) is 1.82. The fraction of sp³-hybridized carbons (Fsp3) is 0.300. The Kier molecular flexibility index (Phi) is 2.26. The molecule has 0 aromatic carbocycles. The van der Waals surface area contributed by atoms with E-state index in [1.807, 2.05) is 20.9 Å². The van der Waals surface area contributed by atoms with Gasteiger partial charge in [-0.15, -0.1) is 0 Å². The van der Waals surface area contributed by atoms with E-state index in [1.165, 1.54) is 6.07 Å². The number of aromatic nitrogens is 4. The molecule has 2 aromatic heterocycles. The average Bonchev–Trinajstić information content (AvgIpc) is 2.39. The second-order valence-corrected chi connectivity index (χ2v) is 3.67. The number of hydrogen-bond acceptors (Lipinski definition) is 3. The van der Waals surface area contributed by atoms with Gasteiger partial charge in [0, 0.05) is 24.4 Å². The van der Waals surface area contributed by atoms with Gasteiger partial charge < -0.3 is 4.98 Å². The second-order valence-electron chi connectivity index (χ2n) is 3.67. The molecule has 0 unspecified atom stereocenters. The molecule has 0 aliphatic carbocycles. The lowest BCUT2D eigenvalue weighted by Crippen LogP contribution is -2.21. The summed E-state index contributed by atoms with van der Waals surface area (Å²) in [6, 6.07) is 1.36. The molecule has 6 heteroatoms. The molecule has 0 aliphatic heterocycles. The Morgan fingerprint density at radius 1 is 1.25 bits per heavy atom. The van der Waals surface area contributed by atoms with E-state index in [9.17, 15) is 9.59 Å². The van der Waals surface area contributed by atoms with Crippen LogP contribution in [0.15, 0.2) is 15.7 Å². The highest BCUT2D eigenvalue weighted by Crippen LogP contribution is 2.22. The van der Waals surface area contributed by atoms with E-state index in [4.69, 9.17) is 0 Å². The van der Waals surface area contributed by atoms with Crippen molar-refractivity contribution >= 4 is 0 Å². The fourth-order valence-corrected chi connectivity index (χ4v) is 1.77. The summed E-state index contributed by atoms with van der Waals surface area (Å²) in [5.41, 5.74) is 2.05. The average molecular weight is 220 g/mol. The van der Waals surface area contributed by atoms with Crippen molar-refractivity contribution in [3.8, 4) is 11.3 Å². The number of aryl methyl sites for hydroxylation is 2. The summed E-state index contributed by atoms with van der Waals surface area (Å²) in [5.74, 6) is 0. The predicted molar refractivity (Wildman–Crippen MR) is 59.4 cm³/mol. The lowest BCUT2D eigenvalue weighted by Gasteiger charge is -2.00. The molecule has 84 valence electrons. The van der Waals surface area contributed by atoms with E-state index in [-0.39, 0.29) is 0 Å². The first-order valence-corrected chi connectivity index (χ1v) is 4.83. The van der Waals surface area contributed by atoms with Crippen LogP contribution in [-0.4, -0.2) is 19.7 Å². The topological polar surface area (TPSA) is 83.5 Å². The molecular formula is C10H12N4O2. The van der Waals surface area contributed by atoms with E-state index < -0.39 is 11.2 Å². The minimum absolute atomic E-state index is 0.415. The molecule has 0 saturated carbocycles. The van der Waals surface area contributed by atoms with Gasteiger partial charge in [0.2, 0.25) is 0 Å². The molecule has 2 heterocycles. The first-order chi connectivity index (χ1) is 7.49. The Morgan fingerprint density at radius 2 is 1.94 bits per heavy atom. The molecule has 0 saturated heterocycles. The highest BCUT2D eigenvalue weighted by atomic mass is 16.2. The van der Waals surface area contributed by atoms with Gasteiger partial charge in [0.1, 0.15) is 0 Å². The van der Waals surface area contributed by atoms with Crippen LogP contribution in [0.1, 0.15) is 11.4 Å². The quantitative estimate of drug-likeness (QED) is 0.713. The SMILES string of the molecule is Cc1nn(C)c(C)c1-c1cc(=O)[nH]c(=O)[nH]1. The zero-order valence-electron chi connectivity index (χ0n) is 9.29. The summed E-state index contributed by atoms with van der Waals surface area (Å²) < 4.78 is 1.71. The van der Waals surface area contributed by atoms with Gasteiger partial charge >= 0.3 is 5.69 Å². The zero-order valence-corrected chi connectivity index (χ0v) is 9.29. The number of rotatable bonds is 1. The van der Waals surface area contributed by atoms with Crippen LogP contribution >= 0.6 is 0 Å². The Labute approximate surface area is 91.0 Å². The summed E-state index contributed by atoms with van der Waals surface area (Å²) >= 11 is 0. The third kappa shape index (κ3) is 1.58. The molecule has 0 fully saturated rings. The molecule has 16 heavy (non-hydrogen) atoms. The fourth-order valence-electron chi connectivity index (χ4n) is 1.77. The third-order valence-electron chi connectivity index (χ3n) is 2.54. The standard InChI is InChI=1S/C10H12N4O2/c1-5-9(6(2)14(3)13-5)7-4-8(15)12-10(16)11-7/h4H,1-3H3,(H2,11,12,15,16). The van der Waals surface area contributed by atoms with Crippen LogP contribution in [0.4, 0.5) is 0 Å². The maximum Gasteiger partial charge on any atom is 0.326 e. The van der Waals surface area contributed by atoms with E-state index in [0.29, 0.717) is 5.69 Å². The maximum absolute atomic E-state index is 11.2. The highest BCUT2D eigenvalue weighted by Gasteiger charge is 2.12. The molecule has 2 N–H and O–H groups in total. The molecular weight excluding hydrogens is 208 g/mol. The summed E-state index contributed by atoms with van der Waals surface area (Å²) in [6.45, 7) is 3.72. The molecule has 0 aliphatic rings. The largest absolute Gasteiger partial charge is 0.326 e. The van der Waals surface area contributed by atoms with Crippen molar-refractivity contribution in [1.29, 1.82) is 0 Å². The number of hydrogen-bond donors (Lipinski definition) is 2. The molecule has 0 radical (unpaired) electrons. The molecule has 6 nitrogen and oxygen atoms in total. The summed E-state index contributed by atoms with van der Waals surface area (Å²) in [6.07, 6.45) is 0. The smallest absolute Gasteiger partial charge is 0.307 e. The van der Waals surface area contributed by atoms with Crippen LogP contribution in [0, 0.1) is 13.8 Å². The van der Waals surface area contributed by atoms with E-state index in [2.05, 4.69) is 15.1 Å². The number of H-pyrrole nitrogens is 2. The van der Waals surface area contributed by atoms with Gasteiger partial charge in [0.25, 0.3) is 5.56 Å². The lowest BCUT2D eigenvalue weighted by molar-refractivity contribution is 0.731. The normalized spacial score (nSPS) is 10.7. The van der Waals surface area contributed by atoms with Crippen LogP contribution in [0.25, 0.3) is 11.3 Å². The predicted octanol–water partition coefficient (Wildman–Crippen LogP) is 0.0805. The van der Waals surface area contributed by atoms with E-state index in [1.54, 1.807) is 4.68 Å². The molecule has 2 rings (SSSR count). The Hall–Kier alpha value is -2.11. The first-order valence-electron chi connectivity index (χ1n) is 4.83. The number of aromatic amines is 2. The van der Waals surface area contributed by atoms with Crippen LogP contribution in [0.3, 0.4) is 0 Å². The van der Waals surface area contributed by atoms with Crippen molar-refractivity contribution < 1.29 is 0 Å². The van der Waals surface area contributed by atoms with Gasteiger partial charge in [0.15, 0.2) is 0 Å². The molecule has 2 aromatic rings. The number of nitrogens with zero attached hydrogens (tertiary/aromatic N) is 2. The van der Waals surface area contributed by atoms with Crippen LogP contribution < -0.4 is 11.2 Å². The lowest BCUT2D eigenvalue weighted by atomic mass is 10.1. The van der Waals surface area contributed by atoms with Crippen molar-refractivity contribution in [3.05, 3.63) is 38.3 Å². The Morgan fingerprint density at radius 3 is 2.44 bits per heavy atom. The van der Waals surface area contributed by atoms with E-state index in [0.717, 1.165) is 17.0 Å². The van der Waals surface area contributed by atoms with Gasteiger partial charge in [-0.05, 0) is 13.8 Å².